The van der Waals surface area contributed by atoms with Crippen molar-refractivity contribution in [1.82, 2.24) is 4.98 Å². The lowest BCUT2D eigenvalue weighted by Gasteiger charge is -2.10. The Labute approximate surface area is 120 Å². The first-order valence-electron chi connectivity index (χ1n) is 5.44. The smallest absolute Gasteiger partial charge is 0.263 e. The van der Waals surface area contributed by atoms with Crippen molar-refractivity contribution in [1.29, 1.82) is 0 Å². The minimum atomic E-state index is -3.66. The van der Waals surface area contributed by atoms with Crippen molar-refractivity contribution in [2.45, 2.75) is 11.4 Å². The molecule has 100 valence electrons. The van der Waals surface area contributed by atoms with Crippen molar-refractivity contribution in [2.75, 3.05) is 4.72 Å². The number of hydrogen-bond donors (Lipinski definition) is 2. The van der Waals surface area contributed by atoms with Crippen LogP contribution in [0.3, 0.4) is 0 Å². The molecule has 0 saturated carbocycles. The molecule has 3 N–H and O–H groups in total. The molecule has 0 spiro atoms. The Morgan fingerprint density at radius 2 is 1.89 bits per heavy atom. The van der Waals surface area contributed by atoms with Crippen molar-refractivity contribution in [3.05, 3.63) is 52.8 Å². The third kappa shape index (κ3) is 3.31. The molecule has 0 fully saturated rings. The lowest BCUT2D eigenvalue weighted by molar-refractivity contribution is 0.600. The van der Waals surface area contributed by atoms with E-state index in [9.17, 15) is 8.42 Å². The number of aromatic nitrogens is 1. The molecular formula is C12H12BrN3O2S. The number of nitrogens with zero attached hydrogens (tertiary/aromatic N) is 1. The van der Waals surface area contributed by atoms with Gasteiger partial charge in [-0.3, -0.25) is 9.71 Å². The average molecular weight is 342 g/mol. The van der Waals surface area contributed by atoms with E-state index in [0.29, 0.717) is 10.2 Å². The molecule has 0 radical (unpaired) electrons. The molecule has 0 aliphatic rings. The standard InChI is InChI=1S/C12H12BrN3O2S/c13-11-2-1-9(8-14)7-12(11)19(17,18)16-10-3-5-15-6-4-10/h1-7H,8,14H2,(H,15,16). The Balaban J connectivity index is 2.39. The molecular weight excluding hydrogens is 330 g/mol. The first kappa shape index (κ1) is 14.0. The van der Waals surface area contributed by atoms with Crippen LogP contribution in [-0.2, 0) is 16.6 Å². The maximum Gasteiger partial charge on any atom is 0.263 e. The van der Waals surface area contributed by atoms with E-state index in [4.69, 9.17) is 5.73 Å². The predicted octanol–water partition coefficient (Wildman–Crippen LogP) is 2.10. The monoisotopic (exact) mass is 341 g/mol. The molecule has 0 unspecified atom stereocenters. The highest BCUT2D eigenvalue weighted by atomic mass is 79.9. The first-order chi connectivity index (χ1) is 9.03. The quantitative estimate of drug-likeness (QED) is 0.891. The van der Waals surface area contributed by atoms with E-state index in [1.807, 2.05) is 0 Å². The summed E-state index contributed by atoms with van der Waals surface area (Å²) in [4.78, 5) is 3.99. The summed E-state index contributed by atoms with van der Waals surface area (Å²) in [7, 11) is -3.66. The Hall–Kier alpha value is -1.44. The minimum Gasteiger partial charge on any atom is -0.326 e. The van der Waals surface area contributed by atoms with E-state index in [2.05, 4.69) is 25.6 Å². The molecule has 1 aromatic heterocycles. The molecule has 7 heteroatoms. The van der Waals surface area contributed by atoms with Crippen LogP contribution >= 0.6 is 15.9 Å². The topological polar surface area (TPSA) is 85.1 Å². The lowest BCUT2D eigenvalue weighted by atomic mass is 10.2. The summed E-state index contributed by atoms with van der Waals surface area (Å²) in [6.07, 6.45) is 3.03. The van der Waals surface area contributed by atoms with Gasteiger partial charge in [0.25, 0.3) is 10.0 Å². The van der Waals surface area contributed by atoms with Crippen LogP contribution in [0.25, 0.3) is 0 Å². The van der Waals surface area contributed by atoms with Gasteiger partial charge in [-0.15, -0.1) is 0 Å². The Bertz CT molecular complexity index is 675. The highest BCUT2D eigenvalue weighted by molar-refractivity contribution is 9.10. The van der Waals surface area contributed by atoms with Crippen LogP contribution in [-0.4, -0.2) is 13.4 Å². The van der Waals surface area contributed by atoms with E-state index in [1.54, 1.807) is 30.3 Å². The van der Waals surface area contributed by atoms with Crippen molar-refractivity contribution in [3.8, 4) is 0 Å². The second-order valence-corrected chi connectivity index (χ2v) is 6.32. The molecule has 0 aliphatic heterocycles. The molecule has 0 saturated heterocycles. The molecule has 0 aliphatic carbocycles. The summed E-state index contributed by atoms with van der Waals surface area (Å²) < 4.78 is 27.6. The summed E-state index contributed by atoms with van der Waals surface area (Å²) in [5.41, 5.74) is 6.73. The molecule has 19 heavy (non-hydrogen) atoms. The van der Waals surface area contributed by atoms with Crippen molar-refractivity contribution in [3.63, 3.8) is 0 Å². The van der Waals surface area contributed by atoms with E-state index in [0.717, 1.165) is 5.56 Å². The van der Waals surface area contributed by atoms with Crippen LogP contribution in [0, 0.1) is 0 Å². The predicted molar refractivity (Wildman–Crippen MR) is 77.1 cm³/mol. The van der Waals surface area contributed by atoms with Gasteiger partial charge < -0.3 is 5.73 Å². The van der Waals surface area contributed by atoms with Gasteiger partial charge in [-0.25, -0.2) is 8.42 Å². The Morgan fingerprint density at radius 1 is 1.21 bits per heavy atom. The number of sulfonamides is 1. The normalized spacial score (nSPS) is 11.3. The molecule has 1 heterocycles. The molecule has 5 nitrogen and oxygen atoms in total. The van der Waals surface area contributed by atoms with E-state index >= 15 is 0 Å². The summed E-state index contributed by atoms with van der Waals surface area (Å²) >= 11 is 3.24. The van der Waals surface area contributed by atoms with Crippen LogP contribution < -0.4 is 10.5 Å². The Morgan fingerprint density at radius 3 is 2.53 bits per heavy atom. The van der Waals surface area contributed by atoms with Gasteiger partial charge >= 0.3 is 0 Å². The SMILES string of the molecule is NCc1ccc(Br)c(S(=O)(=O)Nc2ccncc2)c1. The number of rotatable bonds is 4. The number of benzene rings is 1. The number of pyridine rings is 1. The first-order valence-corrected chi connectivity index (χ1v) is 7.72. The zero-order chi connectivity index (χ0) is 13.9. The van der Waals surface area contributed by atoms with Crippen LogP contribution in [0.15, 0.2) is 52.1 Å². The maximum absolute atomic E-state index is 12.3. The molecule has 2 aromatic rings. The number of anilines is 1. The van der Waals surface area contributed by atoms with Gasteiger partial charge in [0.05, 0.1) is 5.69 Å². The van der Waals surface area contributed by atoms with Gasteiger partial charge in [-0.05, 0) is 45.8 Å². The summed E-state index contributed by atoms with van der Waals surface area (Å²) in [5.74, 6) is 0. The number of nitrogens with two attached hydrogens (primary N) is 1. The number of hydrogen-bond acceptors (Lipinski definition) is 4. The van der Waals surface area contributed by atoms with Gasteiger partial charge in [-0.1, -0.05) is 6.07 Å². The van der Waals surface area contributed by atoms with Gasteiger partial charge in [0.2, 0.25) is 0 Å². The van der Waals surface area contributed by atoms with Crippen molar-refractivity contribution < 1.29 is 8.42 Å². The third-order valence-electron chi connectivity index (χ3n) is 2.45. The largest absolute Gasteiger partial charge is 0.326 e. The van der Waals surface area contributed by atoms with Gasteiger partial charge in [0.15, 0.2) is 0 Å². The molecule has 1 aromatic carbocycles. The Kier molecular flexibility index (Phi) is 4.18. The summed E-state index contributed by atoms with van der Waals surface area (Å²) in [6, 6.07) is 8.16. The highest BCUT2D eigenvalue weighted by Crippen LogP contribution is 2.25. The zero-order valence-corrected chi connectivity index (χ0v) is 12.3. The third-order valence-corrected chi connectivity index (χ3v) is 4.83. The fourth-order valence-corrected chi connectivity index (χ4v) is 3.58. The minimum absolute atomic E-state index is 0.160. The van der Waals surface area contributed by atoms with Crippen LogP contribution in [0.4, 0.5) is 5.69 Å². The fourth-order valence-electron chi connectivity index (χ4n) is 1.51. The molecule has 0 bridgehead atoms. The van der Waals surface area contributed by atoms with Crippen LogP contribution in [0.2, 0.25) is 0 Å². The fraction of sp³-hybridized carbons (Fsp3) is 0.0833. The van der Waals surface area contributed by atoms with Crippen LogP contribution in [0.5, 0.6) is 0 Å². The van der Waals surface area contributed by atoms with Gasteiger partial charge in [0.1, 0.15) is 4.90 Å². The zero-order valence-electron chi connectivity index (χ0n) is 9.88. The van der Waals surface area contributed by atoms with Crippen molar-refractivity contribution >= 4 is 31.6 Å². The highest BCUT2D eigenvalue weighted by Gasteiger charge is 2.18. The average Bonchev–Trinajstić information content (AvgIpc) is 2.39. The molecule has 0 atom stereocenters. The summed E-state index contributed by atoms with van der Waals surface area (Å²) in [5, 5.41) is 0. The second kappa shape index (κ2) is 5.68. The van der Waals surface area contributed by atoms with Gasteiger partial charge in [0, 0.05) is 23.4 Å². The van der Waals surface area contributed by atoms with E-state index in [1.165, 1.54) is 12.4 Å². The maximum atomic E-state index is 12.3. The molecule has 2 rings (SSSR count). The number of nitrogens with one attached hydrogen (secondary N) is 1. The lowest BCUT2D eigenvalue weighted by Crippen LogP contribution is -2.14. The van der Waals surface area contributed by atoms with E-state index in [-0.39, 0.29) is 11.4 Å². The van der Waals surface area contributed by atoms with Crippen molar-refractivity contribution in [2.24, 2.45) is 5.73 Å². The van der Waals surface area contributed by atoms with Gasteiger partial charge in [-0.2, -0.15) is 0 Å². The van der Waals surface area contributed by atoms with Crippen LogP contribution in [0.1, 0.15) is 5.56 Å². The number of halogens is 1. The van der Waals surface area contributed by atoms with E-state index < -0.39 is 10.0 Å². The second-order valence-electron chi connectivity index (χ2n) is 3.81. The molecule has 0 amide bonds. The summed E-state index contributed by atoms with van der Waals surface area (Å²) in [6.45, 7) is 0.283.